The number of pyridine rings is 1. The molecule has 2 heterocycles. The van der Waals surface area contributed by atoms with Crippen molar-refractivity contribution in [2.24, 2.45) is 5.73 Å². The number of sulfonamides is 1. The van der Waals surface area contributed by atoms with Gasteiger partial charge in [-0.25, -0.2) is 9.78 Å². The fraction of sp³-hybridized carbons (Fsp3) is 0.333. The molecule has 2 amide bonds. The van der Waals surface area contributed by atoms with Crippen LogP contribution in [0.3, 0.4) is 0 Å². The Balaban J connectivity index is 2.70. The summed E-state index contributed by atoms with van der Waals surface area (Å²) < 4.78 is 36.4. The number of carbonyl (C=O) groups is 1. The normalized spacial score (nSPS) is 13.5. The van der Waals surface area contributed by atoms with E-state index in [0.717, 1.165) is 0 Å². The minimum Gasteiger partial charge on any atom is -0.481 e. The van der Waals surface area contributed by atoms with Crippen LogP contribution in [0, 0.1) is 0 Å². The minimum atomic E-state index is -4.72. The fourth-order valence-electron chi connectivity index (χ4n) is 2.19. The number of primary amides is 1. The maximum absolute atomic E-state index is 13.2. The standard InChI is InChI=1S/C15H18ClN5O6S/c1-8(16)12(22)9-5-4-6-18-13(9)28(24,25)21(14(17)23)15-19-10(26-2)7-11(20-15)27-3/h4-8,12,22H,1-3H3,(H2,17,23). The number of carbonyl (C=O) groups excluding carboxylic acids is 1. The maximum Gasteiger partial charge on any atom is 0.336 e. The summed E-state index contributed by atoms with van der Waals surface area (Å²) in [6.45, 7) is 1.47. The number of amides is 2. The lowest BCUT2D eigenvalue weighted by atomic mass is 10.1. The van der Waals surface area contributed by atoms with Gasteiger partial charge in [-0.2, -0.15) is 18.4 Å². The summed E-state index contributed by atoms with van der Waals surface area (Å²) in [6.07, 6.45) is -0.204. The van der Waals surface area contributed by atoms with E-state index in [1.165, 1.54) is 45.5 Å². The van der Waals surface area contributed by atoms with Crippen molar-refractivity contribution in [2.45, 2.75) is 23.4 Å². The number of halogens is 1. The summed E-state index contributed by atoms with van der Waals surface area (Å²) >= 11 is 5.89. The van der Waals surface area contributed by atoms with Gasteiger partial charge in [0.25, 0.3) is 16.0 Å². The summed E-state index contributed by atoms with van der Waals surface area (Å²) in [4.78, 5) is 23.5. The van der Waals surface area contributed by atoms with Crippen molar-refractivity contribution in [2.75, 3.05) is 18.5 Å². The number of ether oxygens (including phenoxy) is 2. The molecule has 0 radical (unpaired) electrons. The van der Waals surface area contributed by atoms with Gasteiger partial charge in [0, 0.05) is 11.8 Å². The average molecular weight is 432 g/mol. The van der Waals surface area contributed by atoms with Gasteiger partial charge >= 0.3 is 6.03 Å². The van der Waals surface area contributed by atoms with Gasteiger partial charge in [0.1, 0.15) is 0 Å². The zero-order valence-electron chi connectivity index (χ0n) is 15.1. The molecular weight excluding hydrogens is 414 g/mol. The highest BCUT2D eigenvalue weighted by Gasteiger charge is 2.37. The van der Waals surface area contributed by atoms with Crippen molar-refractivity contribution in [3.05, 3.63) is 30.0 Å². The zero-order valence-corrected chi connectivity index (χ0v) is 16.7. The van der Waals surface area contributed by atoms with E-state index >= 15 is 0 Å². The Kier molecular flexibility index (Phi) is 6.59. The highest BCUT2D eigenvalue weighted by atomic mass is 35.5. The third-order valence-electron chi connectivity index (χ3n) is 3.51. The number of nitrogens with two attached hydrogens (primary N) is 1. The number of alkyl halides is 1. The van der Waals surface area contributed by atoms with Crippen LogP contribution in [0.5, 0.6) is 11.8 Å². The van der Waals surface area contributed by atoms with Crippen LogP contribution in [0.15, 0.2) is 29.4 Å². The van der Waals surface area contributed by atoms with Crippen LogP contribution in [0.1, 0.15) is 18.6 Å². The number of nitrogens with zero attached hydrogens (tertiary/aromatic N) is 4. The van der Waals surface area contributed by atoms with E-state index in [0.29, 0.717) is 0 Å². The van der Waals surface area contributed by atoms with Crippen molar-refractivity contribution in [3.63, 3.8) is 0 Å². The molecule has 0 fully saturated rings. The van der Waals surface area contributed by atoms with Gasteiger partial charge in [-0.1, -0.05) is 6.07 Å². The highest BCUT2D eigenvalue weighted by molar-refractivity contribution is 7.93. The zero-order chi connectivity index (χ0) is 21.1. The van der Waals surface area contributed by atoms with E-state index in [1.807, 2.05) is 0 Å². The average Bonchev–Trinajstić information content (AvgIpc) is 2.66. The monoisotopic (exact) mass is 431 g/mol. The Morgan fingerprint density at radius 3 is 2.32 bits per heavy atom. The SMILES string of the molecule is COc1cc(OC)nc(N(C(N)=O)S(=O)(=O)c2ncccc2C(O)C(C)Cl)n1. The number of urea groups is 1. The largest absolute Gasteiger partial charge is 0.481 e. The molecule has 0 saturated heterocycles. The van der Waals surface area contributed by atoms with Crippen molar-refractivity contribution >= 4 is 33.6 Å². The number of rotatable bonds is 7. The number of aliphatic hydroxyl groups is 1. The van der Waals surface area contributed by atoms with Gasteiger partial charge in [0.05, 0.1) is 31.8 Å². The number of hydrogen-bond acceptors (Lipinski definition) is 9. The van der Waals surface area contributed by atoms with Gasteiger partial charge in [0.15, 0.2) is 5.03 Å². The molecule has 13 heteroatoms. The van der Waals surface area contributed by atoms with E-state index in [-0.39, 0.29) is 21.6 Å². The number of anilines is 1. The van der Waals surface area contributed by atoms with Crippen LogP contribution < -0.4 is 19.5 Å². The van der Waals surface area contributed by atoms with Crippen molar-refractivity contribution < 1.29 is 27.8 Å². The first-order chi connectivity index (χ1) is 13.1. The Hall–Kier alpha value is -2.70. The van der Waals surface area contributed by atoms with Crippen LogP contribution in [-0.4, -0.2) is 54.1 Å². The summed E-state index contributed by atoms with van der Waals surface area (Å²) in [5.41, 5.74) is 5.17. The molecule has 2 unspecified atom stereocenters. The first-order valence-electron chi connectivity index (χ1n) is 7.72. The van der Waals surface area contributed by atoms with E-state index in [1.54, 1.807) is 0 Å². The smallest absolute Gasteiger partial charge is 0.336 e. The van der Waals surface area contributed by atoms with Gasteiger partial charge < -0.3 is 20.3 Å². The first-order valence-corrected chi connectivity index (χ1v) is 9.60. The molecule has 2 aromatic rings. The second-order valence-corrected chi connectivity index (χ2v) is 7.77. The first kappa shape index (κ1) is 21.6. The molecule has 0 aliphatic rings. The third-order valence-corrected chi connectivity index (χ3v) is 5.40. The van der Waals surface area contributed by atoms with E-state index in [9.17, 15) is 18.3 Å². The van der Waals surface area contributed by atoms with E-state index < -0.39 is 38.5 Å². The quantitative estimate of drug-likeness (QED) is 0.605. The van der Waals surface area contributed by atoms with Gasteiger partial charge in [-0.05, 0) is 13.0 Å². The topological polar surface area (TPSA) is 158 Å². The lowest BCUT2D eigenvalue weighted by Gasteiger charge is -2.22. The van der Waals surface area contributed by atoms with Crippen LogP contribution in [0.4, 0.5) is 10.7 Å². The summed E-state index contributed by atoms with van der Waals surface area (Å²) in [7, 11) is -2.16. The Morgan fingerprint density at radius 2 is 1.86 bits per heavy atom. The Labute approximate surface area is 166 Å². The molecule has 2 atom stereocenters. The lowest BCUT2D eigenvalue weighted by Crippen LogP contribution is -2.42. The summed E-state index contributed by atoms with van der Waals surface area (Å²) in [5, 5.41) is 8.79. The minimum absolute atomic E-state index is 0.0704. The number of aromatic nitrogens is 3. The Bertz CT molecular complexity index is 949. The van der Waals surface area contributed by atoms with Crippen LogP contribution >= 0.6 is 11.6 Å². The third kappa shape index (κ3) is 4.24. The summed E-state index contributed by atoms with van der Waals surface area (Å²) in [6, 6.07) is 2.60. The molecular formula is C15H18ClN5O6S. The van der Waals surface area contributed by atoms with Gasteiger partial charge in [0.2, 0.25) is 11.8 Å². The van der Waals surface area contributed by atoms with Crippen LogP contribution in [-0.2, 0) is 10.0 Å². The maximum atomic E-state index is 13.2. The molecule has 0 saturated carbocycles. The Morgan fingerprint density at radius 1 is 1.29 bits per heavy atom. The van der Waals surface area contributed by atoms with Gasteiger partial charge in [-0.3, -0.25) is 0 Å². The second-order valence-electron chi connectivity index (χ2n) is 5.38. The van der Waals surface area contributed by atoms with Crippen molar-refractivity contribution in [3.8, 4) is 11.8 Å². The molecule has 2 aromatic heterocycles. The van der Waals surface area contributed by atoms with E-state index in [4.69, 9.17) is 26.8 Å². The van der Waals surface area contributed by atoms with Crippen molar-refractivity contribution in [1.29, 1.82) is 0 Å². The molecule has 28 heavy (non-hydrogen) atoms. The molecule has 0 aliphatic carbocycles. The molecule has 0 spiro atoms. The van der Waals surface area contributed by atoms with Gasteiger partial charge in [-0.15, -0.1) is 15.9 Å². The highest BCUT2D eigenvalue weighted by Crippen LogP contribution is 2.30. The molecule has 152 valence electrons. The molecule has 11 nitrogen and oxygen atoms in total. The predicted molar refractivity (Wildman–Crippen MR) is 98.9 cm³/mol. The molecule has 0 aliphatic heterocycles. The molecule has 3 N–H and O–H groups in total. The number of methoxy groups -OCH3 is 2. The number of hydrogen-bond donors (Lipinski definition) is 2. The predicted octanol–water partition coefficient (Wildman–Crippen LogP) is 0.824. The van der Waals surface area contributed by atoms with E-state index in [2.05, 4.69) is 15.0 Å². The number of aliphatic hydroxyl groups excluding tert-OH is 1. The fourth-order valence-corrected chi connectivity index (χ4v) is 3.72. The van der Waals surface area contributed by atoms with Crippen LogP contribution in [0.2, 0.25) is 0 Å². The molecule has 0 aromatic carbocycles. The van der Waals surface area contributed by atoms with Crippen LogP contribution in [0.25, 0.3) is 0 Å². The molecule has 2 rings (SSSR count). The lowest BCUT2D eigenvalue weighted by molar-refractivity contribution is 0.173. The molecule has 0 bridgehead atoms. The second kappa shape index (κ2) is 8.54. The summed E-state index contributed by atoms with van der Waals surface area (Å²) in [5.74, 6) is -0.758. The van der Waals surface area contributed by atoms with Crippen molar-refractivity contribution in [1.82, 2.24) is 15.0 Å².